The van der Waals surface area contributed by atoms with Gasteiger partial charge in [0, 0.05) is 50.4 Å². The molecule has 1 spiro atoms. The van der Waals surface area contributed by atoms with Crippen LogP contribution in [0, 0.1) is 0 Å². The van der Waals surface area contributed by atoms with Crippen molar-refractivity contribution >= 4 is 5.91 Å². The quantitative estimate of drug-likeness (QED) is 0.750. The molecule has 3 aliphatic rings. The van der Waals surface area contributed by atoms with E-state index in [0.717, 1.165) is 68.7 Å². The first kappa shape index (κ1) is 21.5. The number of carbonyl (C=O) groups is 1. The number of aryl methyl sites for hydroxylation is 1. The highest BCUT2D eigenvalue weighted by Gasteiger charge is 2.42. The summed E-state index contributed by atoms with van der Waals surface area (Å²) in [4.78, 5) is 15.1. The SMILES string of the molecule is CC(C)Oc1ccc(CN2CCC3(CC2)Cc2c(c(C(=O)NC4CC4)nn2C)CO3)cc1. The monoisotopic (exact) mass is 438 g/mol. The van der Waals surface area contributed by atoms with Crippen LogP contribution in [0.15, 0.2) is 24.3 Å². The second kappa shape index (κ2) is 8.52. The maximum Gasteiger partial charge on any atom is 0.272 e. The Morgan fingerprint density at radius 2 is 1.97 bits per heavy atom. The third kappa shape index (κ3) is 4.55. The Morgan fingerprint density at radius 3 is 2.62 bits per heavy atom. The van der Waals surface area contributed by atoms with Crippen molar-refractivity contribution in [2.45, 2.75) is 76.9 Å². The molecule has 1 N–H and O–H groups in total. The van der Waals surface area contributed by atoms with Crippen LogP contribution in [0.4, 0.5) is 0 Å². The Morgan fingerprint density at radius 1 is 1.25 bits per heavy atom. The number of ether oxygens (including phenoxy) is 2. The minimum Gasteiger partial charge on any atom is -0.491 e. The van der Waals surface area contributed by atoms with Crippen molar-refractivity contribution in [3.8, 4) is 5.75 Å². The topological polar surface area (TPSA) is 68.6 Å². The van der Waals surface area contributed by atoms with Gasteiger partial charge in [-0.25, -0.2) is 0 Å². The number of nitrogens with zero attached hydrogens (tertiary/aromatic N) is 3. The second-order valence-electron chi connectivity index (χ2n) is 9.88. The van der Waals surface area contributed by atoms with E-state index in [1.165, 1.54) is 5.56 Å². The minimum atomic E-state index is -0.142. The molecule has 0 atom stereocenters. The number of fused-ring (bicyclic) bond motifs is 1. The van der Waals surface area contributed by atoms with E-state index >= 15 is 0 Å². The van der Waals surface area contributed by atoms with Crippen LogP contribution < -0.4 is 10.1 Å². The Labute approximate surface area is 190 Å². The first-order valence-corrected chi connectivity index (χ1v) is 11.9. The summed E-state index contributed by atoms with van der Waals surface area (Å²) in [5.74, 6) is 0.873. The van der Waals surface area contributed by atoms with E-state index in [4.69, 9.17) is 9.47 Å². The van der Waals surface area contributed by atoms with Crippen molar-refractivity contribution in [2.75, 3.05) is 13.1 Å². The lowest BCUT2D eigenvalue weighted by Gasteiger charge is -2.44. The zero-order valence-electron chi connectivity index (χ0n) is 19.4. The van der Waals surface area contributed by atoms with E-state index in [0.29, 0.717) is 18.3 Å². The van der Waals surface area contributed by atoms with E-state index < -0.39 is 0 Å². The van der Waals surface area contributed by atoms with Crippen molar-refractivity contribution in [3.63, 3.8) is 0 Å². The number of aromatic nitrogens is 2. The highest BCUT2D eigenvalue weighted by molar-refractivity contribution is 5.94. The van der Waals surface area contributed by atoms with Crippen molar-refractivity contribution in [2.24, 2.45) is 7.05 Å². The summed E-state index contributed by atoms with van der Waals surface area (Å²) in [5.41, 5.74) is 3.85. The molecule has 1 aliphatic carbocycles. The van der Waals surface area contributed by atoms with E-state index in [9.17, 15) is 4.79 Å². The molecular formula is C25H34N4O3. The molecule has 2 aliphatic heterocycles. The molecule has 1 saturated carbocycles. The predicted octanol–water partition coefficient (Wildman–Crippen LogP) is 3.21. The summed E-state index contributed by atoms with van der Waals surface area (Å²) < 4.78 is 14.1. The lowest BCUT2D eigenvalue weighted by molar-refractivity contribution is -0.104. The summed E-state index contributed by atoms with van der Waals surface area (Å²) in [6, 6.07) is 8.78. The molecule has 1 amide bonds. The van der Waals surface area contributed by atoms with Gasteiger partial charge in [0.1, 0.15) is 5.75 Å². The summed E-state index contributed by atoms with van der Waals surface area (Å²) >= 11 is 0. The third-order valence-electron chi connectivity index (χ3n) is 6.88. The molecule has 7 heteroatoms. The second-order valence-corrected chi connectivity index (χ2v) is 9.88. The zero-order chi connectivity index (χ0) is 22.3. The predicted molar refractivity (Wildman–Crippen MR) is 122 cm³/mol. The van der Waals surface area contributed by atoms with Crippen LogP contribution in [0.5, 0.6) is 5.75 Å². The number of likely N-dealkylation sites (tertiary alicyclic amines) is 1. The van der Waals surface area contributed by atoms with Gasteiger partial charge in [-0.2, -0.15) is 5.10 Å². The fourth-order valence-corrected chi connectivity index (χ4v) is 4.86. The first-order valence-electron chi connectivity index (χ1n) is 11.9. The lowest BCUT2D eigenvalue weighted by Crippen LogP contribution is -2.49. The maximum absolute atomic E-state index is 12.6. The van der Waals surface area contributed by atoms with Crippen molar-refractivity contribution in [1.29, 1.82) is 0 Å². The van der Waals surface area contributed by atoms with Gasteiger partial charge in [0.25, 0.3) is 5.91 Å². The van der Waals surface area contributed by atoms with Crippen molar-refractivity contribution < 1.29 is 14.3 Å². The number of hydrogen-bond donors (Lipinski definition) is 1. The number of benzene rings is 1. The fourth-order valence-electron chi connectivity index (χ4n) is 4.86. The molecule has 32 heavy (non-hydrogen) atoms. The fraction of sp³-hybridized carbons (Fsp3) is 0.600. The van der Waals surface area contributed by atoms with Crippen LogP contribution in [0.25, 0.3) is 0 Å². The van der Waals surface area contributed by atoms with Gasteiger partial charge in [-0.05, 0) is 57.2 Å². The van der Waals surface area contributed by atoms with Gasteiger partial charge in [-0.15, -0.1) is 0 Å². The molecule has 0 unspecified atom stereocenters. The van der Waals surface area contributed by atoms with Crippen LogP contribution in [0.3, 0.4) is 0 Å². The standard InChI is InChI=1S/C25H34N4O3/c1-17(2)32-20-8-4-18(5-9-20)15-29-12-10-25(11-13-29)14-22-21(16-31-25)23(27-28(22)3)24(30)26-19-6-7-19/h4-5,8-9,17,19H,6-7,10-16H2,1-3H3,(H,26,30). The highest BCUT2D eigenvalue weighted by Crippen LogP contribution is 2.37. The number of nitrogens with one attached hydrogen (secondary N) is 1. The Kier molecular flexibility index (Phi) is 5.72. The minimum absolute atomic E-state index is 0.0523. The van der Waals surface area contributed by atoms with E-state index in [1.54, 1.807) is 0 Å². The molecule has 0 bridgehead atoms. The Hall–Kier alpha value is -2.38. The average Bonchev–Trinajstić information content (AvgIpc) is 3.53. The lowest BCUT2D eigenvalue weighted by atomic mass is 9.83. The highest BCUT2D eigenvalue weighted by atomic mass is 16.5. The van der Waals surface area contributed by atoms with Crippen LogP contribution in [0.2, 0.25) is 0 Å². The summed E-state index contributed by atoms with van der Waals surface area (Å²) in [7, 11) is 1.95. The molecule has 1 aromatic carbocycles. The smallest absolute Gasteiger partial charge is 0.272 e. The molecule has 3 heterocycles. The average molecular weight is 439 g/mol. The number of rotatable bonds is 6. The van der Waals surface area contributed by atoms with Gasteiger partial charge in [0.15, 0.2) is 5.69 Å². The van der Waals surface area contributed by atoms with Gasteiger partial charge in [0.2, 0.25) is 0 Å². The largest absolute Gasteiger partial charge is 0.491 e. The molecule has 2 fully saturated rings. The first-order chi connectivity index (χ1) is 15.4. The summed E-state index contributed by atoms with van der Waals surface area (Å²) in [5, 5.41) is 7.61. The number of amides is 1. The number of piperidine rings is 1. The van der Waals surface area contributed by atoms with E-state index in [2.05, 4.69) is 39.6 Å². The van der Waals surface area contributed by atoms with Gasteiger partial charge in [0.05, 0.1) is 18.3 Å². The van der Waals surface area contributed by atoms with Crippen molar-refractivity contribution in [1.82, 2.24) is 20.0 Å². The van der Waals surface area contributed by atoms with Gasteiger partial charge in [-0.3, -0.25) is 14.4 Å². The molecule has 1 saturated heterocycles. The van der Waals surface area contributed by atoms with Gasteiger partial charge in [-0.1, -0.05) is 12.1 Å². The zero-order valence-corrected chi connectivity index (χ0v) is 19.4. The van der Waals surface area contributed by atoms with E-state index in [-0.39, 0.29) is 17.6 Å². The van der Waals surface area contributed by atoms with Crippen LogP contribution in [0.1, 0.15) is 66.8 Å². The Balaban J connectivity index is 1.19. The third-order valence-corrected chi connectivity index (χ3v) is 6.88. The maximum atomic E-state index is 12.6. The van der Waals surface area contributed by atoms with Crippen LogP contribution in [-0.2, 0) is 31.4 Å². The van der Waals surface area contributed by atoms with Crippen LogP contribution in [-0.4, -0.2) is 51.4 Å². The molecule has 172 valence electrons. The Bertz CT molecular complexity index is 970. The van der Waals surface area contributed by atoms with Crippen LogP contribution >= 0.6 is 0 Å². The van der Waals surface area contributed by atoms with E-state index in [1.807, 2.05) is 25.6 Å². The number of carbonyl (C=O) groups excluding carboxylic acids is 1. The number of hydrogen-bond acceptors (Lipinski definition) is 5. The summed E-state index contributed by atoms with van der Waals surface area (Å²) in [6.07, 6.45) is 5.17. The van der Waals surface area contributed by atoms with Crippen molar-refractivity contribution in [3.05, 3.63) is 46.8 Å². The summed E-state index contributed by atoms with van der Waals surface area (Å²) in [6.45, 7) is 7.53. The molecule has 5 rings (SSSR count). The van der Waals surface area contributed by atoms with Gasteiger partial charge >= 0.3 is 0 Å². The molecule has 7 nitrogen and oxygen atoms in total. The molecule has 1 aromatic heterocycles. The molecular weight excluding hydrogens is 404 g/mol. The normalized spacial score (nSPS) is 20.4. The van der Waals surface area contributed by atoms with Gasteiger partial charge < -0.3 is 14.8 Å². The molecule has 0 radical (unpaired) electrons. The molecule has 2 aromatic rings.